The molecular formula is C19H35N5O7S2. The molecule has 33 heavy (non-hydrogen) atoms. The smallest absolute Gasteiger partial charge is 0.326 e. The lowest BCUT2D eigenvalue weighted by molar-refractivity contribution is -0.142. The van der Waals surface area contributed by atoms with Crippen molar-refractivity contribution >= 4 is 53.1 Å². The number of amides is 4. The lowest BCUT2D eigenvalue weighted by atomic mass is 10.1. The van der Waals surface area contributed by atoms with Crippen LogP contribution in [0.1, 0.15) is 32.6 Å². The predicted molar refractivity (Wildman–Crippen MR) is 128 cm³/mol. The van der Waals surface area contributed by atoms with Gasteiger partial charge in [0, 0.05) is 6.42 Å². The highest BCUT2D eigenvalue weighted by Crippen LogP contribution is 2.07. The topological polar surface area (TPSA) is 214 Å². The summed E-state index contributed by atoms with van der Waals surface area (Å²) in [5.41, 5.74) is 10.7. The van der Waals surface area contributed by atoms with Gasteiger partial charge < -0.3 is 37.6 Å². The Morgan fingerprint density at radius 3 is 1.67 bits per heavy atom. The standard InChI is InChI=1S/C19H35N5O7S2/c1-10(25)15(21)18(29)23-11(4-5-14(20)26)16(27)22-12(6-8-32-2)17(28)24-13(19(30)31)7-9-33-3/h10-13,15,25H,4-9,21H2,1-3H3,(H2,20,26)(H,22,27)(H,23,29)(H,24,28)(H,30,31). The number of nitrogens with one attached hydrogen (secondary N) is 3. The van der Waals surface area contributed by atoms with Crippen LogP contribution in [0.5, 0.6) is 0 Å². The second-order valence-electron chi connectivity index (χ2n) is 7.36. The average molecular weight is 510 g/mol. The first kappa shape index (κ1) is 31.0. The molecule has 0 saturated heterocycles. The number of aliphatic carboxylic acids is 1. The first-order valence-electron chi connectivity index (χ1n) is 10.3. The molecule has 0 saturated carbocycles. The van der Waals surface area contributed by atoms with E-state index >= 15 is 0 Å². The van der Waals surface area contributed by atoms with Crippen molar-refractivity contribution < 1.29 is 34.2 Å². The van der Waals surface area contributed by atoms with Gasteiger partial charge in [-0.2, -0.15) is 23.5 Å². The highest BCUT2D eigenvalue weighted by molar-refractivity contribution is 7.98. The first-order valence-corrected chi connectivity index (χ1v) is 13.1. The van der Waals surface area contributed by atoms with Crippen LogP contribution in [0, 0.1) is 0 Å². The number of carboxylic acid groups (broad SMARTS) is 1. The minimum Gasteiger partial charge on any atom is -0.480 e. The van der Waals surface area contributed by atoms with Gasteiger partial charge in [-0.25, -0.2) is 4.79 Å². The maximum atomic E-state index is 12.9. The summed E-state index contributed by atoms with van der Waals surface area (Å²) in [5, 5.41) is 26.2. The Bertz CT molecular complexity index is 681. The molecule has 4 amide bonds. The van der Waals surface area contributed by atoms with Crippen molar-refractivity contribution in [2.45, 2.75) is 62.9 Å². The van der Waals surface area contributed by atoms with Crippen LogP contribution in [0.4, 0.5) is 0 Å². The third kappa shape index (κ3) is 12.7. The number of carbonyl (C=O) groups is 5. The molecule has 0 aliphatic rings. The number of primary amides is 1. The molecule has 5 unspecified atom stereocenters. The van der Waals surface area contributed by atoms with Crippen LogP contribution in [0.15, 0.2) is 0 Å². The quantitative estimate of drug-likeness (QED) is 0.114. The lowest BCUT2D eigenvalue weighted by Gasteiger charge is -2.25. The van der Waals surface area contributed by atoms with Crippen LogP contribution in [-0.4, -0.2) is 94.1 Å². The zero-order chi connectivity index (χ0) is 25.6. The summed E-state index contributed by atoms with van der Waals surface area (Å²) in [5.74, 6) is -3.13. The summed E-state index contributed by atoms with van der Waals surface area (Å²) in [6.07, 6.45) is 2.48. The number of carbonyl (C=O) groups excluding carboxylic acids is 4. The van der Waals surface area contributed by atoms with Gasteiger partial charge in [0.15, 0.2) is 0 Å². The maximum absolute atomic E-state index is 12.9. The molecule has 0 aliphatic carbocycles. The third-order valence-corrected chi connectivity index (χ3v) is 5.89. The van der Waals surface area contributed by atoms with Crippen molar-refractivity contribution in [3.05, 3.63) is 0 Å². The molecule has 0 aromatic carbocycles. The zero-order valence-electron chi connectivity index (χ0n) is 19.0. The average Bonchev–Trinajstić information content (AvgIpc) is 2.75. The molecule has 12 nitrogen and oxygen atoms in total. The van der Waals surface area contributed by atoms with Gasteiger partial charge in [0.25, 0.3) is 0 Å². The normalized spacial score (nSPS) is 15.4. The van der Waals surface area contributed by atoms with E-state index in [0.717, 1.165) is 0 Å². The van der Waals surface area contributed by atoms with Gasteiger partial charge in [0.2, 0.25) is 23.6 Å². The number of hydrogen-bond donors (Lipinski definition) is 7. The molecule has 0 heterocycles. The number of carboxylic acids is 1. The number of rotatable bonds is 17. The van der Waals surface area contributed by atoms with Crippen LogP contribution >= 0.6 is 23.5 Å². The SMILES string of the molecule is CSCCC(NC(=O)C(CCSC)NC(=O)C(CCC(N)=O)NC(=O)C(N)C(C)O)C(=O)O. The van der Waals surface area contributed by atoms with Crippen LogP contribution in [0.3, 0.4) is 0 Å². The zero-order valence-corrected chi connectivity index (χ0v) is 20.7. The summed E-state index contributed by atoms with van der Waals surface area (Å²) in [6, 6.07) is -4.74. The molecular weight excluding hydrogens is 474 g/mol. The van der Waals surface area contributed by atoms with Gasteiger partial charge in [0.05, 0.1) is 6.10 Å². The first-order chi connectivity index (χ1) is 15.4. The monoisotopic (exact) mass is 509 g/mol. The fourth-order valence-electron chi connectivity index (χ4n) is 2.58. The Morgan fingerprint density at radius 2 is 1.24 bits per heavy atom. The van der Waals surface area contributed by atoms with Gasteiger partial charge in [-0.1, -0.05) is 0 Å². The Morgan fingerprint density at radius 1 is 0.818 bits per heavy atom. The maximum Gasteiger partial charge on any atom is 0.326 e. The van der Waals surface area contributed by atoms with Gasteiger partial charge in [-0.15, -0.1) is 0 Å². The van der Waals surface area contributed by atoms with Crippen LogP contribution in [0.2, 0.25) is 0 Å². The Kier molecular flexibility index (Phi) is 15.5. The molecule has 0 spiro atoms. The fourth-order valence-corrected chi connectivity index (χ4v) is 3.53. The summed E-state index contributed by atoms with van der Waals surface area (Å²) < 4.78 is 0. The van der Waals surface area contributed by atoms with Crippen LogP contribution in [0.25, 0.3) is 0 Å². The summed E-state index contributed by atoms with van der Waals surface area (Å²) in [6.45, 7) is 1.31. The van der Waals surface area contributed by atoms with Crippen molar-refractivity contribution in [3.63, 3.8) is 0 Å². The Labute approximate surface area is 201 Å². The van der Waals surface area contributed by atoms with E-state index < -0.39 is 59.9 Å². The van der Waals surface area contributed by atoms with Gasteiger partial charge in [0.1, 0.15) is 24.2 Å². The molecule has 0 radical (unpaired) electrons. The summed E-state index contributed by atoms with van der Waals surface area (Å²) >= 11 is 2.86. The highest BCUT2D eigenvalue weighted by atomic mass is 32.2. The number of thioether (sulfide) groups is 2. The number of hydrogen-bond acceptors (Lipinski definition) is 9. The van der Waals surface area contributed by atoms with Gasteiger partial charge >= 0.3 is 5.97 Å². The third-order valence-electron chi connectivity index (χ3n) is 4.60. The van der Waals surface area contributed by atoms with E-state index in [2.05, 4.69) is 16.0 Å². The molecule has 5 atom stereocenters. The molecule has 190 valence electrons. The predicted octanol–water partition coefficient (Wildman–Crippen LogP) is -1.99. The molecule has 0 aromatic rings. The van der Waals surface area contributed by atoms with E-state index in [1.54, 1.807) is 0 Å². The van der Waals surface area contributed by atoms with Crippen molar-refractivity contribution in [1.29, 1.82) is 0 Å². The number of nitrogens with two attached hydrogens (primary N) is 2. The lowest BCUT2D eigenvalue weighted by Crippen LogP contribution is -2.58. The molecule has 0 aromatic heterocycles. The number of aliphatic hydroxyl groups excluding tert-OH is 1. The van der Waals surface area contributed by atoms with Gasteiger partial charge in [-0.3, -0.25) is 19.2 Å². The van der Waals surface area contributed by atoms with Crippen molar-refractivity contribution in [1.82, 2.24) is 16.0 Å². The molecule has 0 aliphatic heterocycles. The van der Waals surface area contributed by atoms with Crippen molar-refractivity contribution in [3.8, 4) is 0 Å². The second-order valence-corrected chi connectivity index (χ2v) is 9.33. The fraction of sp³-hybridized carbons (Fsp3) is 0.737. The largest absolute Gasteiger partial charge is 0.480 e. The second kappa shape index (κ2) is 16.6. The summed E-state index contributed by atoms with van der Waals surface area (Å²) in [7, 11) is 0. The Hall–Kier alpha value is -2.03. The molecule has 0 fully saturated rings. The van der Waals surface area contributed by atoms with Crippen molar-refractivity contribution in [2.75, 3.05) is 24.0 Å². The van der Waals surface area contributed by atoms with E-state index in [9.17, 15) is 34.2 Å². The molecule has 14 heteroatoms. The van der Waals surface area contributed by atoms with Crippen LogP contribution < -0.4 is 27.4 Å². The number of aliphatic hydroxyl groups is 1. The van der Waals surface area contributed by atoms with Gasteiger partial charge in [-0.05, 0) is 50.2 Å². The van der Waals surface area contributed by atoms with Crippen LogP contribution in [-0.2, 0) is 24.0 Å². The molecule has 0 bridgehead atoms. The minimum absolute atomic E-state index is 0.151. The van der Waals surface area contributed by atoms with E-state index in [1.165, 1.54) is 30.4 Å². The van der Waals surface area contributed by atoms with E-state index in [4.69, 9.17) is 11.5 Å². The van der Waals surface area contributed by atoms with Crippen molar-refractivity contribution in [2.24, 2.45) is 11.5 Å². The summed E-state index contributed by atoms with van der Waals surface area (Å²) in [4.78, 5) is 60.5. The Balaban J connectivity index is 5.48. The molecule has 9 N–H and O–H groups in total. The molecule has 0 rings (SSSR count). The van der Waals surface area contributed by atoms with E-state index in [-0.39, 0.29) is 25.7 Å². The van der Waals surface area contributed by atoms with E-state index in [1.807, 2.05) is 12.5 Å². The minimum atomic E-state index is -1.31. The van der Waals surface area contributed by atoms with E-state index in [0.29, 0.717) is 11.5 Å². The highest BCUT2D eigenvalue weighted by Gasteiger charge is 2.30.